The summed E-state index contributed by atoms with van der Waals surface area (Å²) in [6, 6.07) is 16.4. The summed E-state index contributed by atoms with van der Waals surface area (Å²) in [6.45, 7) is 3.60. The first-order chi connectivity index (χ1) is 13.9. The Hall–Kier alpha value is -3.74. The first kappa shape index (κ1) is 20.0. The number of pyridine rings is 1. The van der Waals surface area contributed by atoms with Gasteiger partial charge in [0.05, 0.1) is 23.8 Å². The van der Waals surface area contributed by atoms with E-state index in [4.69, 9.17) is 4.74 Å². The van der Waals surface area contributed by atoms with Gasteiger partial charge in [-0.3, -0.25) is 15.1 Å². The van der Waals surface area contributed by atoms with E-state index in [1.807, 2.05) is 49.4 Å². The third-order valence-electron chi connectivity index (χ3n) is 4.56. The van der Waals surface area contributed by atoms with Crippen LogP contribution < -0.4 is 5.32 Å². The van der Waals surface area contributed by atoms with Gasteiger partial charge in [0.25, 0.3) is 5.69 Å². The highest BCUT2D eigenvalue weighted by Crippen LogP contribution is 2.32. The van der Waals surface area contributed by atoms with Crippen LogP contribution in [0.3, 0.4) is 0 Å². The maximum absolute atomic E-state index is 12.1. The molecule has 0 amide bonds. The highest BCUT2D eigenvalue weighted by molar-refractivity contribution is 5.95. The van der Waals surface area contributed by atoms with Crippen LogP contribution >= 0.6 is 0 Å². The van der Waals surface area contributed by atoms with Gasteiger partial charge in [0.1, 0.15) is 5.56 Å². The monoisotopic (exact) mass is 391 g/mol. The quantitative estimate of drug-likeness (QED) is 0.375. The molecule has 0 saturated heterocycles. The molecule has 1 atom stereocenters. The van der Waals surface area contributed by atoms with Gasteiger partial charge >= 0.3 is 5.97 Å². The van der Waals surface area contributed by atoms with Crippen molar-refractivity contribution in [2.45, 2.75) is 19.9 Å². The summed E-state index contributed by atoms with van der Waals surface area (Å²) in [4.78, 5) is 27.5. The smallest absolute Gasteiger partial charge is 0.344 e. The number of nitrogens with zero attached hydrogens (tertiary/aromatic N) is 2. The lowest BCUT2D eigenvalue weighted by atomic mass is 9.99. The molecule has 0 bridgehead atoms. The van der Waals surface area contributed by atoms with Crippen LogP contribution in [0.4, 0.5) is 11.4 Å². The fraction of sp³-hybridized carbons (Fsp3) is 0.182. The van der Waals surface area contributed by atoms with Gasteiger partial charge in [-0.05, 0) is 43.7 Å². The lowest BCUT2D eigenvalue weighted by molar-refractivity contribution is -0.385. The maximum atomic E-state index is 12.1. The van der Waals surface area contributed by atoms with Gasteiger partial charge in [-0.1, -0.05) is 35.9 Å². The molecule has 0 fully saturated rings. The van der Waals surface area contributed by atoms with Crippen molar-refractivity contribution in [1.82, 2.24) is 4.98 Å². The van der Waals surface area contributed by atoms with Gasteiger partial charge in [-0.15, -0.1) is 0 Å². The number of aryl methyl sites for hydroxylation is 2. The number of benzene rings is 2. The topological polar surface area (TPSA) is 94.4 Å². The van der Waals surface area contributed by atoms with Crippen LogP contribution in [0, 0.1) is 24.0 Å². The lowest BCUT2D eigenvalue weighted by Crippen LogP contribution is -2.15. The minimum Gasteiger partial charge on any atom is -0.465 e. The summed E-state index contributed by atoms with van der Waals surface area (Å²) in [7, 11) is 1.20. The van der Waals surface area contributed by atoms with Crippen molar-refractivity contribution >= 4 is 17.3 Å². The minimum absolute atomic E-state index is 0.0935. The number of rotatable bonds is 6. The van der Waals surface area contributed by atoms with Crippen LogP contribution in [0.1, 0.15) is 38.8 Å². The Bertz CT molecular complexity index is 1050. The van der Waals surface area contributed by atoms with E-state index in [1.54, 1.807) is 19.2 Å². The number of nitro groups is 1. The molecule has 3 rings (SSSR count). The van der Waals surface area contributed by atoms with Crippen molar-refractivity contribution < 1.29 is 14.5 Å². The number of hydrogen-bond donors (Lipinski definition) is 1. The predicted octanol–water partition coefficient (Wildman–Crippen LogP) is 4.59. The summed E-state index contributed by atoms with van der Waals surface area (Å²) >= 11 is 0. The molecule has 0 aliphatic heterocycles. The third-order valence-corrected chi connectivity index (χ3v) is 4.56. The first-order valence-corrected chi connectivity index (χ1v) is 9.02. The molecule has 1 unspecified atom stereocenters. The van der Waals surface area contributed by atoms with Crippen molar-refractivity contribution in [2.75, 3.05) is 12.4 Å². The zero-order valence-electron chi connectivity index (χ0n) is 16.4. The largest absolute Gasteiger partial charge is 0.465 e. The molecule has 1 heterocycles. The number of anilines is 1. The van der Waals surface area contributed by atoms with E-state index in [0.29, 0.717) is 11.3 Å². The summed E-state index contributed by atoms with van der Waals surface area (Å²) in [5.41, 5.74) is 3.44. The highest BCUT2D eigenvalue weighted by atomic mass is 16.6. The number of nitro benzene ring substituents is 1. The lowest BCUT2D eigenvalue weighted by Gasteiger charge is -2.21. The summed E-state index contributed by atoms with van der Waals surface area (Å²) in [5, 5.41) is 14.8. The van der Waals surface area contributed by atoms with Gasteiger partial charge in [0.15, 0.2) is 0 Å². The normalized spacial score (nSPS) is 11.6. The van der Waals surface area contributed by atoms with Crippen molar-refractivity contribution in [3.05, 3.63) is 98.9 Å². The molecular formula is C22H21N3O4. The molecule has 0 saturated carbocycles. The standard InChI is InChI=1S/C22H21N3O4/c1-14-7-6-8-16(11-14)20(19-9-4-5-10-23-19)24-17-12-15(2)21(25(27)28)18(13-17)22(26)29-3/h4-13,20,24H,1-3H3. The fourth-order valence-electron chi connectivity index (χ4n) is 3.26. The molecule has 2 aromatic carbocycles. The van der Waals surface area contributed by atoms with Crippen LogP contribution in [0.15, 0.2) is 60.8 Å². The molecule has 29 heavy (non-hydrogen) atoms. The number of methoxy groups -OCH3 is 1. The molecule has 0 aliphatic rings. The number of hydrogen-bond acceptors (Lipinski definition) is 6. The number of carbonyl (C=O) groups is 1. The molecule has 1 N–H and O–H groups in total. The van der Waals surface area contributed by atoms with Gasteiger partial charge in [-0.2, -0.15) is 0 Å². The van der Waals surface area contributed by atoms with Gasteiger partial charge in [-0.25, -0.2) is 4.79 Å². The Morgan fingerprint density at radius 2 is 1.93 bits per heavy atom. The summed E-state index contributed by atoms with van der Waals surface area (Å²) in [6.07, 6.45) is 1.71. The van der Waals surface area contributed by atoms with Crippen LogP contribution in [-0.4, -0.2) is 23.0 Å². The van der Waals surface area contributed by atoms with E-state index in [1.165, 1.54) is 13.2 Å². The molecule has 7 nitrogen and oxygen atoms in total. The second-order valence-corrected chi connectivity index (χ2v) is 6.68. The highest BCUT2D eigenvalue weighted by Gasteiger charge is 2.26. The SMILES string of the molecule is COC(=O)c1cc(NC(c2cccc(C)c2)c2ccccn2)cc(C)c1[N+](=O)[O-]. The Morgan fingerprint density at radius 1 is 1.14 bits per heavy atom. The number of carbonyl (C=O) groups excluding carboxylic acids is 1. The van der Waals surface area contributed by atoms with Crippen LogP contribution in [0.25, 0.3) is 0 Å². The number of nitrogens with one attached hydrogen (secondary N) is 1. The Balaban J connectivity index is 2.09. The molecule has 148 valence electrons. The first-order valence-electron chi connectivity index (χ1n) is 9.02. The summed E-state index contributed by atoms with van der Waals surface area (Å²) in [5.74, 6) is -0.756. The van der Waals surface area contributed by atoms with Gasteiger partial charge < -0.3 is 10.1 Å². The van der Waals surface area contributed by atoms with Crippen molar-refractivity contribution in [1.29, 1.82) is 0 Å². The van der Waals surface area contributed by atoms with E-state index >= 15 is 0 Å². The molecule has 0 aliphatic carbocycles. The van der Waals surface area contributed by atoms with E-state index < -0.39 is 10.9 Å². The Kier molecular flexibility index (Phi) is 5.87. The number of ether oxygens (including phenoxy) is 1. The van der Waals surface area contributed by atoms with Gasteiger partial charge in [0.2, 0.25) is 0 Å². The molecular weight excluding hydrogens is 370 g/mol. The average Bonchev–Trinajstić information content (AvgIpc) is 2.71. The van der Waals surface area contributed by atoms with Gasteiger partial charge in [0, 0.05) is 17.4 Å². The van der Waals surface area contributed by atoms with Crippen LogP contribution in [0.5, 0.6) is 0 Å². The summed E-state index contributed by atoms with van der Waals surface area (Å²) < 4.78 is 4.74. The number of aromatic nitrogens is 1. The van der Waals surface area contributed by atoms with Crippen LogP contribution in [-0.2, 0) is 4.74 Å². The minimum atomic E-state index is -0.756. The van der Waals surface area contributed by atoms with E-state index in [-0.39, 0.29) is 17.3 Å². The zero-order chi connectivity index (χ0) is 21.0. The molecule has 1 aromatic heterocycles. The van der Waals surface area contributed by atoms with Crippen LogP contribution in [0.2, 0.25) is 0 Å². The van der Waals surface area contributed by atoms with Crippen molar-refractivity contribution in [2.24, 2.45) is 0 Å². The molecule has 0 radical (unpaired) electrons. The molecule has 3 aromatic rings. The molecule has 7 heteroatoms. The second kappa shape index (κ2) is 8.52. The van der Waals surface area contributed by atoms with Crippen molar-refractivity contribution in [3.63, 3.8) is 0 Å². The predicted molar refractivity (Wildman–Crippen MR) is 110 cm³/mol. The maximum Gasteiger partial charge on any atom is 0.344 e. The number of esters is 1. The fourth-order valence-corrected chi connectivity index (χ4v) is 3.26. The second-order valence-electron chi connectivity index (χ2n) is 6.68. The molecule has 0 spiro atoms. The average molecular weight is 391 g/mol. The zero-order valence-corrected chi connectivity index (χ0v) is 16.4. The van der Waals surface area contributed by atoms with E-state index in [2.05, 4.69) is 10.3 Å². The third kappa shape index (κ3) is 4.40. The Morgan fingerprint density at radius 3 is 2.55 bits per heavy atom. The Labute approximate surface area is 168 Å². The van der Waals surface area contributed by atoms with E-state index in [0.717, 1.165) is 16.8 Å². The van der Waals surface area contributed by atoms with E-state index in [9.17, 15) is 14.9 Å². The van der Waals surface area contributed by atoms with Crippen molar-refractivity contribution in [3.8, 4) is 0 Å².